The molecule has 0 amide bonds. The average Bonchev–Trinajstić information content (AvgIpc) is 2.42. The van der Waals surface area contributed by atoms with Gasteiger partial charge in [-0.1, -0.05) is 0 Å². The molecule has 0 aliphatic carbocycles. The minimum atomic E-state index is -0.684. The molecule has 5 heteroatoms. The van der Waals surface area contributed by atoms with E-state index in [1.54, 1.807) is 0 Å². The Hall–Kier alpha value is -1.33. The lowest BCUT2D eigenvalue weighted by Crippen LogP contribution is -2.38. The number of benzene rings is 1. The standard InChI is InChI=1S/C14H17F2NO2/c15-11-1-2-13(16)12(7-11)14(19)8-17-5-3-10(9-18)4-6-17/h1-2,7,10,18H,3-6,8-9H2. The first-order valence-corrected chi connectivity index (χ1v) is 6.41. The predicted octanol–water partition coefficient (Wildman–Crippen LogP) is 1.85. The summed E-state index contributed by atoms with van der Waals surface area (Å²) in [5, 5.41) is 9.03. The molecule has 1 aliphatic heterocycles. The number of aliphatic hydroxyl groups is 1. The van der Waals surface area contributed by atoms with E-state index in [9.17, 15) is 13.6 Å². The molecule has 0 saturated carbocycles. The van der Waals surface area contributed by atoms with Crippen LogP contribution in [0.25, 0.3) is 0 Å². The Kier molecular flexibility index (Phi) is 4.61. The van der Waals surface area contributed by atoms with E-state index < -0.39 is 17.4 Å². The zero-order chi connectivity index (χ0) is 13.8. The van der Waals surface area contributed by atoms with Gasteiger partial charge in [0, 0.05) is 6.61 Å². The van der Waals surface area contributed by atoms with Gasteiger partial charge in [-0.05, 0) is 50.0 Å². The second kappa shape index (κ2) is 6.21. The minimum absolute atomic E-state index is 0.0958. The van der Waals surface area contributed by atoms with Gasteiger partial charge in [-0.3, -0.25) is 9.69 Å². The normalized spacial score (nSPS) is 17.6. The van der Waals surface area contributed by atoms with Crippen molar-refractivity contribution >= 4 is 5.78 Å². The van der Waals surface area contributed by atoms with Gasteiger partial charge in [-0.25, -0.2) is 8.78 Å². The molecular formula is C14H17F2NO2. The number of aliphatic hydroxyl groups excluding tert-OH is 1. The molecule has 0 bridgehead atoms. The van der Waals surface area contributed by atoms with Gasteiger partial charge < -0.3 is 5.11 Å². The van der Waals surface area contributed by atoms with E-state index in [1.807, 2.05) is 4.90 Å². The maximum Gasteiger partial charge on any atom is 0.179 e. The van der Waals surface area contributed by atoms with Crippen LogP contribution in [0, 0.1) is 17.6 Å². The van der Waals surface area contributed by atoms with Crippen molar-refractivity contribution in [1.82, 2.24) is 4.90 Å². The van der Waals surface area contributed by atoms with Crippen molar-refractivity contribution < 1.29 is 18.7 Å². The van der Waals surface area contributed by atoms with Crippen molar-refractivity contribution in [3.8, 4) is 0 Å². The van der Waals surface area contributed by atoms with E-state index in [2.05, 4.69) is 0 Å². The van der Waals surface area contributed by atoms with E-state index in [-0.39, 0.29) is 24.6 Å². The summed E-state index contributed by atoms with van der Waals surface area (Å²) in [6.45, 7) is 1.67. The van der Waals surface area contributed by atoms with Crippen molar-refractivity contribution in [2.24, 2.45) is 5.92 Å². The fourth-order valence-electron chi connectivity index (χ4n) is 2.33. The number of Topliss-reactive ketones (excluding diaryl/α,β-unsaturated/α-hetero) is 1. The van der Waals surface area contributed by atoms with E-state index in [0.717, 1.165) is 31.0 Å². The predicted molar refractivity (Wildman–Crippen MR) is 66.9 cm³/mol. The van der Waals surface area contributed by atoms with Crippen LogP contribution in [-0.2, 0) is 0 Å². The topological polar surface area (TPSA) is 40.5 Å². The lowest BCUT2D eigenvalue weighted by molar-refractivity contribution is 0.0860. The highest BCUT2D eigenvalue weighted by molar-refractivity contribution is 5.97. The van der Waals surface area contributed by atoms with E-state index in [4.69, 9.17) is 5.11 Å². The van der Waals surface area contributed by atoms with Crippen LogP contribution in [0.15, 0.2) is 18.2 Å². The van der Waals surface area contributed by atoms with Gasteiger partial charge in [0.15, 0.2) is 5.78 Å². The third-order valence-electron chi connectivity index (χ3n) is 3.56. The molecule has 2 rings (SSSR count). The molecule has 0 radical (unpaired) electrons. The number of rotatable bonds is 4. The largest absolute Gasteiger partial charge is 0.396 e. The number of carbonyl (C=O) groups excluding carboxylic acids is 1. The lowest BCUT2D eigenvalue weighted by Gasteiger charge is -2.30. The number of ketones is 1. The highest BCUT2D eigenvalue weighted by atomic mass is 19.1. The summed E-state index contributed by atoms with van der Waals surface area (Å²) >= 11 is 0. The van der Waals surface area contributed by atoms with Gasteiger partial charge in [-0.15, -0.1) is 0 Å². The monoisotopic (exact) mass is 269 g/mol. The first-order valence-electron chi connectivity index (χ1n) is 6.41. The first kappa shape index (κ1) is 14.1. The Bertz CT molecular complexity index is 457. The summed E-state index contributed by atoms with van der Waals surface area (Å²) in [5.41, 5.74) is -0.190. The number of hydrogen-bond donors (Lipinski definition) is 1. The van der Waals surface area contributed by atoms with E-state index in [0.29, 0.717) is 13.1 Å². The molecule has 1 heterocycles. The molecule has 0 aromatic heterocycles. The fourth-order valence-corrected chi connectivity index (χ4v) is 2.33. The van der Waals surface area contributed by atoms with Gasteiger partial charge in [0.2, 0.25) is 0 Å². The van der Waals surface area contributed by atoms with Crippen LogP contribution in [0.2, 0.25) is 0 Å². The first-order chi connectivity index (χ1) is 9.10. The molecule has 1 aromatic rings. The number of hydrogen-bond acceptors (Lipinski definition) is 3. The Labute approximate surface area is 110 Å². The third kappa shape index (κ3) is 3.58. The van der Waals surface area contributed by atoms with Crippen LogP contribution in [0.1, 0.15) is 23.2 Å². The molecule has 1 fully saturated rings. The molecule has 1 aliphatic rings. The van der Waals surface area contributed by atoms with E-state index >= 15 is 0 Å². The zero-order valence-electron chi connectivity index (χ0n) is 10.6. The van der Waals surface area contributed by atoms with Crippen LogP contribution in [0.5, 0.6) is 0 Å². The Balaban J connectivity index is 1.96. The van der Waals surface area contributed by atoms with Crippen molar-refractivity contribution in [3.63, 3.8) is 0 Å². The fraction of sp³-hybridized carbons (Fsp3) is 0.500. The average molecular weight is 269 g/mol. The van der Waals surface area contributed by atoms with Gasteiger partial charge in [-0.2, -0.15) is 0 Å². The Morgan fingerprint density at radius 2 is 2.00 bits per heavy atom. The highest BCUT2D eigenvalue weighted by Crippen LogP contribution is 2.17. The second-order valence-electron chi connectivity index (χ2n) is 4.95. The van der Waals surface area contributed by atoms with Gasteiger partial charge in [0.05, 0.1) is 12.1 Å². The van der Waals surface area contributed by atoms with Gasteiger partial charge >= 0.3 is 0 Å². The molecule has 19 heavy (non-hydrogen) atoms. The summed E-state index contributed by atoms with van der Waals surface area (Å²) in [6.07, 6.45) is 1.66. The molecule has 1 saturated heterocycles. The van der Waals surface area contributed by atoms with Crippen molar-refractivity contribution in [1.29, 1.82) is 0 Å². The summed E-state index contributed by atoms with van der Waals surface area (Å²) < 4.78 is 26.5. The third-order valence-corrected chi connectivity index (χ3v) is 3.56. The number of carbonyl (C=O) groups is 1. The van der Waals surface area contributed by atoms with Crippen LogP contribution in [0.3, 0.4) is 0 Å². The Morgan fingerprint density at radius 1 is 1.32 bits per heavy atom. The quantitative estimate of drug-likeness (QED) is 0.848. The maximum absolute atomic E-state index is 13.5. The summed E-state index contributed by atoms with van der Waals surface area (Å²) in [4.78, 5) is 13.9. The van der Waals surface area contributed by atoms with Crippen LogP contribution in [-0.4, -0.2) is 42.0 Å². The summed E-state index contributed by atoms with van der Waals surface area (Å²) in [6, 6.07) is 2.91. The molecule has 0 atom stereocenters. The molecule has 0 spiro atoms. The second-order valence-corrected chi connectivity index (χ2v) is 4.95. The maximum atomic E-state index is 13.5. The molecule has 1 N–H and O–H groups in total. The van der Waals surface area contributed by atoms with Gasteiger partial charge in [0.1, 0.15) is 11.6 Å². The molecular weight excluding hydrogens is 252 g/mol. The Morgan fingerprint density at radius 3 is 2.63 bits per heavy atom. The van der Waals surface area contributed by atoms with Crippen molar-refractivity contribution in [3.05, 3.63) is 35.4 Å². The number of piperidine rings is 1. The molecule has 1 aromatic carbocycles. The smallest absolute Gasteiger partial charge is 0.179 e. The lowest BCUT2D eigenvalue weighted by atomic mass is 9.97. The minimum Gasteiger partial charge on any atom is -0.396 e. The summed E-state index contributed by atoms with van der Waals surface area (Å²) in [5.74, 6) is -1.41. The SMILES string of the molecule is O=C(CN1CCC(CO)CC1)c1cc(F)ccc1F. The number of likely N-dealkylation sites (tertiary alicyclic amines) is 1. The number of halogens is 2. The van der Waals surface area contributed by atoms with E-state index in [1.165, 1.54) is 0 Å². The van der Waals surface area contributed by atoms with Crippen LogP contribution in [0.4, 0.5) is 8.78 Å². The number of nitrogens with zero attached hydrogens (tertiary/aromatic N) is 1. The molecule has 3 nitrogen and oxygen atoms in total. The molecule has 104 valence electrons. The summed E-state index contributed by atoms with van der Waals surface area (Å²) in [7, 11) is 0. The molecule has 0 unspecified atom stereocenters. The zero-order valence-corrected chi connectivity index (χ0v) is 10.6. The van der Waals surface area contributed by atoms with Gasteiger partial charge in [0.25, 0.3) is 0 Å². The van der Waals surface area contributed by atoms with Crippen molar-refractivity contribution in [2.75, 3.05) is 26.2 Å². The highest BCUT2D eigenvalue weighted by Gasteiger charge is 2.22. The van der Waals surface area contributed by atoms with Crippen LogP contribution < -0.4 is 0 Å². The van der Waals surface area contributed by atoms with Crippen molar-refractivity contribution in [2.45, 2.75) is 12.8 Å². The van der Waals surface area contributed by atoms with Crippen LogP contribution >= 0.6 is 0 Å².